The summed E-state index contributed by atoms with van der Waals surface area (Å²) < 4.78 is 0. The van der Waals surface area contributed by atoms with Gasteiger partial charge in [0.25, 0.3) is 0 Å². The van der Waals surface area contributed by atoms with Crippen LogP contribution in [0.15, 0.2) is 0 Å². The van der Waals surface area contributed by atoms with Gasteiger partial charge < -0.3 is 10.2 Å². The molecule has 0 aromatic heterocycles. The van der Waals surface area contributed by atoms with Crippen LogP contribution in [0.3, 0.4) is 0 Å². The Morgan fingerprint density at radius 2 is 1.80 bits per heavy atom. The maximum Gasteiger partial charge on any atom is 0.245 e. The lowest BCUT2D eigenvalue weighted by Crippen LogP contribution is -2.63. The van der Waals surface area contributed by atoms with E-state index < -0.39 is 0 Å². The van der Waals surface area contributed by atoms with Gasteiger partial charge in [-0.1, -0.05) is 41.0 Å². The quantitative estimate of drug-likeness (QED) is 0.780. The van der Waals surface area contributed by atoms with Gasteiger partial charge in [0.1, 0.15) is 12.1 Å². The van der Waals surface area contributed by atoms with Crippen molar-refractivity contribution in [1.29, 1.82) is 0 Å². The van der Waals surface area contributed by atoms with Crippen molar-refractivity contribution in [3.05, 3.63) is 0 Å². The standard InChI is InChI=1S/C16H30N2O2/c1-6-7-13-16(20)18(9-8-11(2)3)14(10-12(4)5)15(19)17-13/h11-14H,6-10H2,1-5H3,(H,17,19). The van der Waals surface area contributed by atoms with Gasteiger partial charge in [0.05, 0.1) is 0 Å². The molecule has 4 heteroatoms. The Morgan fingerprint density at radius 1 is 1.15 bits per heavy atom. The van der Waals surface area contributed by atoms with Gasteiger partial charge in [-0.05, 0) is 31.1 Å². The Kier molecular flexibility index (Phi) is 6.50. The third-order valence-electron chi connectivity index (χ3n) is 3.80. The zero-order valence-corrected chi connectivity index (χ0v) is 13.6. The monoisotopic (exact) mass is 282 g/mol. The van der Waals surface area contributed by atoms with E-state index in [-0.39, 0.29) is 23.9 Å². The van der Waals surface area contributed by atoms with Crippen LogP contribution in [-0.2, 0) is 9.59 Å². The van der Waals surface area contributed by atoms with Gasteiger partial charge in [-0.25, -0.2) is 0 Å². The maximum absolute atomic E-state index is 12.6. The van der Waals surface area contributed by atoms with Gasteiger partial charge in [-0.15, -0.1) is 0 Å². The third-order valence-corrected chi connectivity index (χ3v) is 3.80. The minimum Gasteiger partial charge on any atom is -0.343 e. The van der Waals surface area contributed by atoms with Crippen LogP contribution in [0.1, 0.15) is 60.3 Å². The van der Waals surface area contributed by atoms with Crippen LogP contribution in [0.4, 0.5) is 0 Å². The number of hydrogen-bond acceptors (Lipinski definition) is 2. The van der Waals surface area contributed by atoms with Crippen molar-refractivity contribution in [2.75, 3.05) is 6.54 Å². The molecule has 2 unspecified atom stereocenters. The highest BCUT2D eigenvalue weighted by molar-refractivity contribution is 5.96. The van der Waals surface area contributed by atoms with Crippen molar-refractivity contribution >= 4 is 11.8 Å². The molecule has 20 heavy (non-hydrogen) atoms. The Labute approximate surface area is 123 Å². The Morgan fingerprint density at radius 3 is 2.30 bits per heavy atom. The number of carbonyl (C=O) groups is 2. The van der Waals surface area contributed by atoms with E-state index >= 15 is 0 Å². The average molecular weight is 282 g/mol. The first-order valence-electron chi connectivity index (χ1n) is 7.97. The zero-order chi connectivity index (χ0) is 15.3. The molecule has 116 valence electrons. The number of piperazine rings is 1. The topological polar surface area (TPSA) is 49.4 Å². The van der Waals surface area contributed by atoms with Gasteiger partial charge in [-0.2, -0.15) is 0 Å². The molecule has 1 fully saturated rings. The zero-order valence-electron chi connectivity index (χ0n) is 13.6. The molecule has 0 aromatic carbocycles. The van der Waals surface area contributed by atoms with Crippen molar-refractivity contribution in [1.82, 2.24) is 10.2 Å². The summed E-state index contributed by atoms with van der Waals surface area (Å²) in [6.45, 7) is 11.2. The van der Waals surface area contributed by atoms with E-state index in [9.17, 15) is 9.59 Å². The van der Waals surface area contributed by atoms with E-state index in [0.29, 0.717) is 18.4 Å². The van der Waals surface area contributed by atoms with Crippen LogP contribution < -0.4 is 5.32 Å². The summed E-state index contributed by atoms with van der Waals surface area (Å²) in [6.07, 6.45) is 3.33. The summed E-state index contributed by atoms with van der Waals surface area (Å²) in [7, 11) is 0. The van der Waals surface area contributed by atoms with Crippen molar-refractivity contribution in [2.45, 2.75) is 72.4 Å². The van der Waals surface area contributed by atoms with E-state index in [0.717, 1.165) is 25.7 Å². The first kappa shape index (κ1) is 17.0. The first-order valence-corrected chi connectivity index (χ1v) is 7.97. The van der Waals surface area contributed by atoms with Crippen molar-refractivity contribution < 1.29 is 9.59 Å². The predicted molar refractivity (Wildman–Crippen MR) is 81.2 cm³/mol. The minimum atomic E-state index is -0.317. The van der Waals surface area contributed by atoms with Gasteiger partial charge >= 0.3 is 0 Å². The predicted octanol–water partition coefficient (Wildman–Crippen LogP) is 2.57. The molecule has 1 aliphatic rings. The second-order valence-corrected chi connectivity index (χ2v) is 6.71. The van der Waals surface area contributed by atoms with E-state index in [2.05, 4.69) is 33.0 Å². The van der Waals surface area contributed by atoms with E-state index in [1.54, 1.807) is 0 Å². The smallest absolute Gasteiger partial charge is 0.245 e. The normalized spacial score (nSPS) is 23.6. The molecule has 0 aromatic rings. The molecular formula is C16H30N2O2. The number of nitrogens with zero attached hydrogens (tertiary/aromatic N) is 1. The summed E-state index contributed by atoms with van der Waals surface area (Å²) in [5.74, 6) is 1.08. The molecule has 1 saturated heterocycles. The Hall–Kier alpha value is -1.06. The highest BCUT2D eigenvalue weighted by atomic mass is 16.2. The number of nitrogens with one attached hydrogen (secondary N) is 1. The summed E-state index contributed by atoms with van der Waals surface area (Å²) in [6, 6.07) is -0.600. The summed E-state index contributed by atoms with van der Waals surface area (Å²) >= 11 is 0. The summed E-state index contributed by atoms with van der Waals surface area (Å²) in [5, 5.41) is 2.91. The molecule has 1 N–H and O–H groups in total. The number of amides is 2. The molecule has 0 bridgehead atoms. The molecule has 1 rings (SSSR count). The molecule has 0 spiro atoms. The van der Waals surface area contributed by atoms with Crippen LogP contribution in [-0.4, -0.2) is 35.3 Å². The Bertz CT molecular complexity index is 339. The molecule has 4 nitrogen and oxygen atoms in total. The van der Waals surface area contributed by atoms with Gasteiger partial charge in [-0.3, -0.25) is 9.59 Å². The van der Waals surface area contributed by atoms with E-state index in [4.69, 9.17) is 0 Å². The number of carbonyl (C=O) groups excluding carboxylic acids is 2. The van der Waals surface area contributed by atoms with Crippen molar-refractivity contribution in [3.63, 3.8) is 0 Å². The van der Waals surface area contributed by atoms with Gasteiger partial charge in [0.15, 0.2) is 0 Å². The number of hydrogen-bond donors (Lipinski definition) is 1. The summed E-state index contributed by atoms with van der Waals surface area (Å²) in [5.41, 5.74) is 0. The Balaban J connectivity index is 2.85. The number of rotatable bonds is 7. The molecule has 0 radical (unpaired) electrons. The summed E-state index contributed by atoms with van der Waals surface area (Å²) in [4.78, 5) is 26.7. The maximum atomic E-state index is 12.6. The fourth-order valence-electron chi connectivity index (χ4n) is 2.65. The molecule has 0 aliphatic carbocycles. The lowest BCUT2D eigenvalue weighted by Gasteiger charge is -2.40. The second-order valence-electron chi connectivity index (χ2n) is 6.71. The van der Waals surface area contributed by atoms with Crippen LogP contribution >= 0.6 is 0 Å². The molecule has 1 aliphatic heterocycles. The molecule has 2 atom stereocenters. The second kappa shape index (κ2) is 7.65. The average Bonchev–Trinajstić information content (AvgIpc) is 2.34. The lowest BCUT2D eigenvalue weighted by atomic mass is 9.95. The van der Waals surface area contributed by atoms with Crippen LogP contribution in [0.5, 0.6) is 0 Å². The van der Waals surface area contributed by atoms with Crippen LogP contribution in [0, 0.1) is 11.8 Å². The van der Waals surface area contributed by atoms with Gasteiger partial charge in [0.2, 0.25) is 11.8 Å². The third kappa shape index (κ3) is 4.50. The van der Waals surface area contributed by atoms with E-state index in [1.165, 1.54) is 0 Å². The first-order chi connectivity index (χ1) is 9.36. The van der Waals surface area contributed by atoms with E-state index in [1.807, 2.05) is 11.8 Å². The van der Waals surface area contributed by atoms with Crippen LogP contribution in [0.2, 0.25) is 0 Å². The molecular weight excluding hydrogens is 252 g/mol. The highest BCUT2D eigenvalue weighted by Crippen LogP contribution is 2.20. The minimum absolute atomic E-state index is 0.0282. The van der Waals surface area contributed by atoms with Crippen LogP contribution in [0.25, 0.3) is 0 Å². The lowest BCUT2D eigenvalue weighted by molar-refractivity contribution is -0.150. The SMILES string of the molecule is CCCC1NC(=O)C(CC(C)C)N(CCC(C)C)C1=O. The van der Waals surface area contributed by atoms with Crippen molar-refractivity contribution in [2.24, 2.45) is 11.8 Å². The highest BCUT2D eigenvalue weighted by Gasteiger charge is 2.39. The molecule has 2 amide bonds. The van der Waals surface area contributed by atoms with Crippen molar-refractivity contribution in [3.8, 4) is 0 Å². The fraction of sp³-hybridized carbons (Fsp3) is 0.875. The molecule has 0 saturated carbocycles. The largest absolute Gasteiger partial charge is 0.343 e. The van der Waals surface area contributed by atoms with Gasteiger partial charge in [0, 0.05) is 6.54 Å². The fourth-order valence-corrected chi connectivity index (χ4v) is 2.65. The molecule has 1 heterocycles.